The minimum absolute atomic E-state index is 0.0145. The quantitative estimate of drug-likeness (QED) is 0.622. The molecule has 1 aromatic heterocycles. The highest BCUT2D eigenvalue weighted by Gasteiger charge is 2.55. The van der Waals surface area contributed by atoms with E-state index in [0.29, 0.717) is 19.5 Å². The van der Waals surface area contributed by atoms with E-state index in [1.54, 1.807) is 16.8 Å². The van der Waals surface area contributed by atoms with Gasteiger partial charge in [-0.25, -0.2) is 5.48 Å². The van der Waals surface area contributed by atoms with Gasteiger partial charge in [0.2, 0.25) is 11.8 Å². The average molecular weight is 349 g/mol. The number of amides is 2. The number of carbonyl (C=O) groups is 2. The van der Waals surface area contributed by atoms with Crippen LogP contribution in [0.4, 0.5) is 0 Å². The molecule has 130 valence electrons. The molecule has 2 atom stereocenters. The van der Waals surface area contributed by atoms with Gasteiger partial charge < -0.3 is 4.90 Å². The lowest BCUT2D eigenvalue weighted by Crippen LogP contribution is -2.59. The molecular weight excluding hydrogens is 326 g/mol. The standard InChI is InChI=1S/C17H23N3O3S/c1-19-10-17(4-5-17)8-12(15(21)18-23)14(19)16(22)20-6-2-11-3-7-24-13(11)9-20/h3,7,12,14,23H,2,4-6,8-10H2,1H3,(H,18,21). The van der Waals surface area contributed by atoms with Gasteiger partial charge in [0.25, 0.3) is 0 Å². The van der Waals surface area contributed by atoms with Gasteiger partial charge in [-0.1, -0.05) is 0 Å². The first-order valence-corrected chi connectivity index (χ1v) is 9.39. The van der Waals surface area contributed by atoms with Crippen LogP contribution in [0.5, 0.6) is 0 Å². The average Bonchev–Trinajstić information content (AvgIpc) is 3.14. The third kappa shape index (κ3) is 2.64. The maximum atomic E-state index is 13.2. The van der Waals surface area contributed by atoms with Gasteiger partial charge in [-0.3, -0.25) is 19.7 Å². The molecule has 2 N–H and O–H groups in total. The highest BCUT2D eigenvalue weighted by Crippen LogP contribution is 2.54. The van der Waals surface area contributed by atoms with Crippen molar-refractivity contribution in [3.05, 3.63) is 21.9 Å². The van der Waals surface area contributed by atoms with Gasteiger partial charge >= 0.3 is 0 Å². The number of piperidine rings is 1. The van der Waals surface area contributed by atoms with Crippen LogP contribution in [-0.4, -0.2) is 53.0 Å². The molecule has 1 spiro atoms. The molecule has 4 rings (SSSR count). The van der Waals surface area contributed by atoms with Crippen molar-refractivity contribution >= 4 is 23.2 Å². The number of hydrogen-bond donors (Lipinski definition) is 2. The molecule has 1 saturated heterocycles. The molecule has 6 nitrogen and oxygen atoms in total. The van der Waals surface area contributed by atoms with Crippen LogP contribution in [0.2, 0.25) is 0 Å². The summed E-state index contributed by atoms with van der Waals surface area (Å²) in [5.74, 6) is -0.894. The number of likely N-dealkylation sites (tertiary alicyclic amines) is 1. The van der Waals surface area contributed by atoms with E-state index in [4.69, 9.17) is 5.21 Å². The zero-order chi connectivity index (χ0) is 16.9. The van der Waals surface area contributed by atoms with Crippen LogP contribution in [0.1, 0.15) is 29.7 Å². The normalized spacial score (nSPS) is 28.5. The van der Waals surface area contributed by atoms with Gasteiger partial charge in [0.1, 0.15) is 6.04 Å². The molecular formula is C17H23N3O3S. The summed E-state index contributed by atoms with van der Waals surface area (Å²) < 4.78 is 0. The van der Waals surface area contributed by atoms with Gasteiger partial charge in [0, 0.05) is 18.0 Å². The monoisotopic (exact) mass is 349 g/mol. The number of thiophene rings is 1. The molecule has 24 heavy (non-hydrogen) atoms. The Morgan fingerprint density at radius 1 is 1.42 bits per heavy atom. The van der Waals surface area contributed by atoms with E-state index in [-0.39, 0.29) is 11.3 Å². The number of hydrogen-bond acceptors (Lipinski definition) is 5. The maximum Gasteiger partial charge on any atom is 0.248 e. The van der Waals surface area contributed by atoms with Crippen LogP contribution in [0.3, 0.4) is 0 Å². The van der Waals surface area contributed by atoms with E-state index >= 15 is 0 Å². The van der Waals surface area contributed by atoms with Crippen LogP contribution < -0.4 is 5.48 Å². The second-order valence-corrected chi connectivity index (χ2v) is 8.53. The highest BCUT2D eigenvalue weighted by atomic mass is 32.1. The first kappa shape index (κ1) is 16.1. The number of carbonyl (C=O) groups excluding carboxylic acids is 2. The van der Waals surface area contributed by atoms with E-state index in [1.165, 1.54) is 10.4 Å². The van der Waals surface area contributed by atoms with Gasteiger partial charge in [-0.05, 0) is 55.2 Å². The van der Waals surface area contributed by atoms with Gasteiger partial charge in [0.15, 0.2) is 0 Å². The first-order chi connectivity index (χ1) is 11.5. The minimum Gasteiger partial charge on any atom is -0.336 e. The first-order valence-electron chi connectivity index (χ1n) is 8.51. The second-order valence-electron chi connectivity index (χ2n) is 7.53. The number of hydroxylamine groups is 1. The third-order valence-electron chi connectivity index (χ3n) is 5.89. The van der Waals surface area contributed by atoms with Crippen LogP contribution in [-0.2, 0) is 22.6 Å². The molecule has 2 aliphatic heterocycles. The van der Waals surface area contributed by atoms with E-state index in [2.05, 4.69) is 11.4 Å². The molecule has 2 amide bonds. The topological polar surface area (TPSA) is 72.9 Å². The summed E-state index contributed by atoms with van der Waals surface area (Å²) >= 11 is 1.69. The van der Waals surface area contributed by atoms with Crippen molar-refractivity contribution in [1.29, 1.82) is 0 Å². The fourth-order valence-electron chi connectivity index (χ4n) is 4.41. The Labute approximate surface area is 145 Å². The fraction of sp³-hybridized carbons (Fsp3) is 0.647. The van der Waals surface area contributed by atoms with Crippen LogP contribution in [0.25, 0.3) is 0 Å². The largest absolute Gasteiger partial charge is 0.336 e. The zero-order valence-electron chi connectivity index (χ0n) is 13.8. The van der Waals surface area contributed by atoms with Crippen LogP contribution in [0, 0.1) is 11.3 Å². The van der Waals surface area contributed by atoms with Gasteiger partial charge in [-0.15, -0.1) is 11.3 Å². The lowest BCUT2D eigenvalue weighted by Gasteiger charge is -2.43. The summed E-state index contributed by atoms with van der Waals surface area (Å²) in [6.45, 7) is 2.19. The molecule has 1 aliphatic carbocycles. The van der Waals surface area contributed by atoms with E-state index in [1.807, 2.05) is 16.8 Å². The highest BCUT2D eigenvalue weighted by molar-refractivity contribution is 7.10. The fourth-order valence-corrected chi connectivity index (χ4v) is 5.36. The Bertz CT molecular complexity index is 670. The smallest absolute Gasteiger partial charge is 0.248 e. The molecule has 0 bridgehead atoms. The third-order valence-corrected chi connectivity index (χ3v) is 6.83. The lowest BCUT2D eigenvalue weighted by molar-refractivity contribution is -0.151. The summed E-state index contributed by atoms with van der Waals surface area (Å²) in [6, 6.07) is 1.65. The predicted molar refractivity (Wildman–Crippen MR) is 89.6 cm³/mol. The summed E-state index contributed by atoms with van der Waals surface area (Å²) in [6.07, 6.45) is 3.78. The number of nitrogens with zero attached hydrogens (tertiary/aromatic N) is 2. The lowest BCUT2D eigenvalue weighted by atomic mass is 9.80. The van der Waals surface area contributed by atoms with E-state index in [0.717, 1.165) is 25.8 Å². The molecule has 0 aromatic carbocycles. The van der Waals surface area contributed by atoms with Crippen LogP contribution >= 0.6 is 11.3 Å². The van der Waals surface area contributed by atoms with Crippen molar-refractivity contribution in [2.24, 2.45) is 11.3 Å². The van der Waals surface area contributed by atoms with Crippen molar-refractivity contribution in [2.45, 2.75) is 38.3 Å². The Kier molecular flexibility index (Phi) is 3.89. The maximum absolute atomic E-state index is 13.2. The van der Waals surface area contributed by atoms with Crippen molar-refractivity contribution in [3.8, 4) is 0 Å². The Morgan fingerprint density at radius 2 is 2.21 bits per heavy atom. The molecule has 3 aliphatic rings. The number of likely N-dealkylation sites (N-methyl/N-ethyl adjacent to an activating group) is 1. The molecule has 0 radical (unpaired) electrons. The summed E-state index contributed by atoms with van der Waals surface area (Å²) in [5.41, 5.74) is 3.29. The Balaban J connectivity index is 1.56. The summed E-state index contributed by atoms with van der Waals surface area (Å²) in [4.78, 5) is 30.6. The van der Waals surface area contributed by atoms with Gasteiger partial charge in [-0.2, -0.15) is 0 Å². The molecule has 1 aromatic rings. The van der Waals surface area contributed by atoms with Crippen molar-refractivity contribution < 1.29 is 14.8 Å². The van der Waals surface area contributed by atoms with Crippen molar-refractivity contribution in [3.63, 3.8) is 0 Å². The predicted octanol–water partition coefficient (Wildman–Crippen LogP) is 1.24. The van der Waals surface area contributed by atoms with E-state index < -0.39 is 17.9 Å². The molecule has 2 fully saturated rings. The zero-order valence-corrected chi connectivity index (χ0v) is 14.6. The molecule has 2 unspecified atom stereocenters. The Hall–Kier alpha value is -1.44. The SMILES string of the molecule is CN1CC2(CC2)CC(C(=O)NO)C1C(=O)N1CCc2ccsc2C1. The van der Waals surface area contributed by atoms with Crippen molar-refractivity contribution in [2.75, 3.05) is 20.1 Å². The van der Waals surface area contributed by atoms with E-state index in [9.17, 15) is 9.59 Å². The number of nitrogens with one attached hydrogen (secondary N) is 1. The molecule has 7 heteroatoms. The number of fused-ring (bicyclic) bond motifs is 1. The Morgan fingerprint density at radius 3 is 2.92 bits per heavy atom. The molecule has 3 heterocycles. The second kappa shape index (κ2) is 5.82. The number of rotatable bonds is 2. The van der Waals surface area contributed by atoms with Gasteiger partial charge in [0.05, 0.1) is 12.5 Å². The minimum atomic E-state index is -0.482. The summed E-state index contributed by atoms with van der Waals surface area (Å²) in [5, 5.41) is 11.2. The van der Waals surface area contributed by atoms with Crippen LogP contribution in [0.15, 0.2) is 11.4 Å². The summed E-state index contributed by atoms with van der Waals surface area (Å²) in [7, 11) is 1.93. The molecule has 1 saturated carbocycles. The van der Waals surface area contributed by atoms with Crippen molar-refractivity contribution in [1.82, 2.24) is 15.3 Å².